The highest BCUT2D eigenvalue weighted by Crippen LogP contribution is 2.19. The second-order valence-corrected chi connectivity index (χ2v) is 6.83. The highest BCUT2D eigenvalue weighted by atomic mass is 16.5. The van der Waals surface area contributed by atoms with Crippen molar-refractivity contribution < 1.29 is 14.6 Å². The SMILES string of the molecule is Cc1cnc(C)c(N2CCN(C(=O)C(O)COc3ccccc3C)CC2)n1. The van der Waals surface area contributed by atoms with Gasteiger partial charge >= 0.3 is 0 Å². The van der Waals surface area contributed by atoms with E-state index >= 15 is 0 Å². The van der Waals surface area contributed by atoms with E-state index in [0.29, 0.717) is 31.9 Å². The number of piperazine rings is 1. The summed E-state index contributed by atoms with van der Waals surface area (Å²) in [6.45, 7) is 8.13. The van der Waals surface area contributed by atoms with Crippen LogP contribution in [-0.4, -0.2) is 64.8 Å². The monoisotopic (exact) mass is 370 g/mol. The lowest BCUT2D eigenvalue weighted by Crippen LogP contribution is -2.52. The van der Waals surface area contributed by atoms with Crippen LogP contribution in [0.2, 0.25) is 0 Å². The Morgan fingerprint density at radius 2 is 1.89 bits per heavy atom. The van der Waals surface area contributed by atoms with E-state index in [4.69, 9.17) is 4.74 Å². The van der Waals surface area contributed by atoms with Crippen molar-refractivity contribution in [2.45, 2.75) is 26.9 Å². The third-order valence-electron chi connectivity index (χ3n) is 4.72. The van der Waals surface area contributed by atoms with Gasteiger partial charge in [-0.05, 0) is 32.4 Å². The van der Waals surface area contributed by atoms with Crippen molar-refractivity contribution in [2.75, 3.05) is 37.7 Å². The molecule has 1 atom stereocenters. The topological polar surface area (TPSA) is 78.8 Å². The average molecular weight is 370 g/mol. The number of hydrogen-bond acceptors (Lipinski definition) is 6. The van der Waals surface area contributed by atoms with E-state index in [0.717, 1.165) is 22.8 Å². The van der Waals surface area contributed by atoms with Gasteiger partial charge < -0.3 is 19.6 Å². The normalized spacial score (nSPS) is 15.6. The van der Waals surface area contributed by atoms with E-state index in [9.17, 15) is 9.90 Å². The van der Waals surface area contributed by atoms with Crippen molar-refractivity contribution in [1.82, 2.24) is 14.9 Å². The number of para-hydroxylation sites is 1. The number of carbonyl (C=O) groups excluding carboxylic acids is 1. The smallest absolute Gasteiger partial charge is 0.255 e. The van der Waals surface area contributed by atoms with E-state index in [-0.39, 0.29) is 12.5 Å². The number of anilines is 1. The number of aryl methyl sites for hydroxylation is 3. The summed E-state index contributed by atoms with van der Waals surface area (Å²) in [6, 6.07) is 7.55. The van der Waals surface area contributed by atoms with Crippen molar-refractivity contribution in [3.05, 3.63) is 47.4 Å². The van der Waals surface area contributed by atoms with Crippen LogP contribution < -0.4 is 9.64 Å². The highest BCUT2D eigenvalue weighted by Gasteiger charge is 2.27. The maximum absolute atomic E-state index is 12.5. The molecule has 1 N–H and O–H groups in total. The number of amides is 1. The van der Waals surface area contributed by atoms with Crippen LogP contribution in [0.4, 0.5) is 5.82 Å². The first-order valence-electron chi connectivity index (χ1n) is 9.16. The van der Waals surface area contributed by atoms with Gasteiger partial charge in [0.2, 0.25) is 0 Å². The summed E-state index contributed by atoms with van der Waals surface area (Å²) in [4.78, 5) is 25.3. The molecule has 0 aliphatic carbocycles. The number of hydrogen-bond donors (Lipinski definition) is 1. The first-order valence-corrected chi connectivity index (χ1v) is 9.16. The largest absolute Gasteiger partial charge is 0.490 e. The predicted octanol–water partition coefficient (Wildman–Crippen LogP) is 1.49. The first kappa shape index (κ1) is 19.1. The summed E-state index contributed by atoms with van der Waals surface area (Å²) in [6.07, 6.45) is 0.584. The summed E-state index contributed by atoms with van der Waals surface area (Å²) >= 11 is 0. The molecule has 2 heterocycles. The van der Waals surface area contributed by atoms with Crippen LogP contribution in [0.5, 0.6) is 5.75 Å². The van der Waals surface area contributed by atoms with Crippen molar-refractivity contribution in [3.8, 4) is 5.75 Å². The lowest BCUT2D eigenvalue weighted by atomic mass is 10.2. The number of aliphatic hydroxyl groups is 1. The van der Waals surface area contributed by atoms with Crippen LogP contribution in [0, 0.1) is 20.8 Å². The molecule has 0 bridgehead atoms. The zero-order valence-electron chi connectivity index (χ0n) is 16.1. The molecule has 1 unspecified atom stereocenters. The minimum Gasteiger partial charge on any atom is -0.490 e. The Bertz CT molecular complexity index is 804. The molecule has 1 aliphatic rings. The van der Waals surface area contributed by atoms with Gasteiger partial charge in [0.05, 0.1) is 11.4 Å². The van der Waals surface area contributed by atoms with Gasteiger partial charge in [-0.3, -0.25) is 9.78 Å². The fourth-order valence-corrected chi connectivity index (χ4v) is 3.13. The maximum Gasteiger partial charge on any atom is 0.255 e. The molecular formula is C20H26N4O3. The molecule has 1 fully saturated rings. The molecule has 7 nitrogen and oxygen atoms in total. The predicted molar refractivity (Wildman–Crippen MR) is 103 cm³/mol. The number of nitrogens with zero attached hydrogens (tertiary/aromatic N) is 4. The van der Waals surface area contributed by atoms with E-state index in [2.05, 4.69) is 14.9 Å². The summed E-state index contributed by atoms with van der Waals surface area (Å²) < 4.78 is 5.60. The van der Waals surface area contributed by atoms with E-state index in [1.165, 1.54) is 0 Å². The van der Waals surface area contributed by atoms with Crippen molar-refractivity contribution in [1.29, 1.82) is 0 Å². The van der Waals surface area contributed by atoms with E-state index < -0.39 is 6.10 Å². The lowest BCUT2D eigenvalue weighted by molar-refractivity contribution is -0.142. The number of carbonyl (C=O) groups is 1. The quantitative estimate of drug-likeness (QED) is 0.859. The van der Waals surface area contributed by atoms with Crippen molar-refractivity contribution >= 4 is 11.7 Å². The Morgan fingerprint density at radius 3 is 2.59 bits per heavy atom. The van der Waals surface area contributed by atoms with Gasteiger partial charge in [-0.1, -0.05) is 18.2 Å². The Morgan fingerprint density at radius 1 is 1.19 bits per heavy atom. The third-order valence-corrected chi connectivity index (χ3v) is 4.72. The lowest BCUT2D eigenvalue weighted by Gasteiger charge is -2.36. The van der Waals surface area contributed by atoms with Gasteiger partial charge in [-0.25, -0.2) is 4.98 Å². The second kappa shape index (κ2) is 8.35. The third kappa shape index (κ3) is 4.54. The first-order chi connectivity index (χ1) is 13.0. The average Bonchev–Trinajstić information content (AvgIpc) is 2.68. The van der Waals surface area contributed by atoms with Crippen LogP contribution in [0.1, 0.15) is 17.0 Å². The van der Waals surface area contributed by atoms with Gasteiger partial charge in [-0.15, -0.1) is 0 Å². The summed E-state index contributed by atoms with van der Waals surface area (Å²) in [5.74, 6) is 1.25. The van der Waals surface area contributed by atoms with Gasteiger partial charge in [-0.2, -0.15) is 0 Å². The Hall–Kier alpha value is -2.67. The maximum atomic E-state index is 12.5. The molecule has 1 amide bonds. The fourth-order valence-electron chi connectivity index (χ4n) is 3.13. The van der Waals surface area contributed by atoms with Gasteiger partial charge in [0, 0.05) is 32.4 Å². The molecular weight excluding hydrogens is 344 g/mol. The van der Waals surface area contributed by atoms with Crippen LogP contribution in [0.15, 0.2) is 30.5 Å². The molecule has 2 aromatic rings. The van der Waals surface area contributed by atoms with E-state index in [1.54, 1.807) is 11.1 Å². The molecule has 1 saturated heterocycles. The second-order valence-electron chi connectivity index (χ2n) is 6.83. The number of rotatable bonds is 5. The molecule has 0 spiro atoms. The molecule has 0 radical (unpaired) electrons. The van der Waals surface area contributed by atoms with Crippen molar-refractivity contribution in [3.63, 3.8) is 0 Å². The van der Waals surface area contributed by atoms with Gasteiger partial charge in [0.25, 0.3) is 5.91 Å². The molecule has 3 rings (SSSR count). The standard InChI is InChI=1S/C20H26N4O3/c1-14-6-4-5-7-18(14)27-13-17(25)20(26)24-10-8-23(9-11-24)19-16(3)21-12-15(2)22-19/h4-7,12,17,25H,8-11,13H2,1-3H3. The van der Waals surface area contributed by atoms with E-state index in [1.807, 2.05) is 45.0 Å². The highest BCUT2D eigenvalue weighted by molar-refractivity contribution is 5.81. The molecule has 27 heavy (non-hydrogen) atoms. The Balaban J connectivity index is 1.53. The van der Waals surface area contributed by atoms with Gasteiger partial charge in [0.15, 0.2) is 6.10 Å². The molecule has 1 aliphatic heterocycles. The molecule has 144 valence electrons. The van der Waals surface area contributed by atoms with Crippen LogP contribution >= 0.6 is 0 Å². The Labute approximate surface area is 159 Å². The molecule has 7 heteroatoms. The van der Waals surface area contributed by atoms with Gasteiger partial charge in [0.1, 0.15) is 18.2 Å². The number of aliphatic hydroxyl groups excluding tert-OH is 1. The summed E-state index contributed by atoms with van der Waals surface area (Å²) in [7, 11) is 0. The summed E-state index contributed by atoms with van der Waals surface area (Å²) in [5, 5.41) is 10.2. The molecule has 1 aromatic carbocycles. The minimum absolute atomic E-state index is 0.0492. The van der Waals surface area contributed by atoms with Crippen molar-refractivity contribution in [2.24, 2.45) is 0 Å². The zero-order valence-corrected chi connectivity index (χ0v) is 16.1. The van der Waals surface area contributed by atoms with Crippen LogP contribution in [0.3, 0.4) is 0 Å². The number of ether oxygens (including phenoxy) is 1. The zero-order chi connectivity index (χ0) is 19.4. The minimum atomic E-state index is -1.17. The Kier molecular flexibility index (Phi) is 5.91. The summed E-state index contributed by atoms with van der Waals surface area (Å²) in [5.41, 5.74) is 2.73. The number of aromatic nitrogens is 2. The fraction of sp³-hybridized carbons (Fsp3) is 0.450. The molecule has 1 aromatic heterocycles. The van der Waals surface area contributed by atoms with Crippen LogP contribution in [-0.2, 0) is 4.79 Å². The van der Waals surface area contributed by atoms with Crippen LogP contribution in [0.25, 0.3) is 0 Å². The number of benzene rings is 1. The molecule has 0 saturated carbocycles.